The van der Waals surface area contributed by atoms with Gasteiger partial charge in [-0.3, -0.25) is 4.68 Å². The molecule has 0 bridgehead atoms. The number of nitrogens with zero attached hydrogens (tertiary/aromatic N) is 2. The van der Waals surface area contributed by atoms with Crippen molar-refractivity contribution in [1.82, 2.24) is 9.78 Å². The van der Waals surface area contributed by atoms with Crippen molar-refractivity contribution < 1.29 is 27.4 Å². The number of hydrogen-bond acceptors (Lipinski definition) is 5. The molecule has 1 aromatic heterocycles. The van der Waals surface area contributed by atoms with Crippen molar-refractivity contribution in [3.05, 3.63) is 35.5 Å². The van der Waals surface area contributed by atoms with Crippen LogP contribution in [0.15, 0.2) is 29.3 Å². The SMILES string of the molecule is CCOC(=O)c1cn(C)nc1Oc1ccc(SC)c(C(F)(F)F)c1. The molecule has 0 aliphatic carbocycles. The van der Waals surface area contributed by atoms with E-state index in [0.29, 0.717) is 0 Å². The number of hydrogen-bond donors (Lipinski definition) is 0. The van der Waals surface area contributed by atoms with Gasteiger partial charge >= 0.3 is 12.1 Å². The topological polar surface area (TPSA) is 53.4 Å². The Morgan fingerprint density at radius 1 is 1.38 bits per heavy atom. The molecular weight excluding hydrogens is 345 g/mol. The summed E-state index contributed by atoms with van der Waals surface area (Å²) in [5.74, 6) is -0.831. The summed E-state index contributed by atoms with van der Waals surface area (Å²) in [6, 6.07) is 3.59. The largest absolute Gasteiger partial charge is 0.462 e. The molecule has 0 spiro atoms. The number of carbonyl (C=O) groups excluding carboxylic acids is 1. The van der Waals surface area contributed by atoms with Crippen molar-refractivity contribution in [3.8, 4) is 11.6 Å². The summed E-state index contributed by atoms with van der Waals surface area (Å²) in [4.78, 5) is 11.9. The van der Waals surface area contributed by atoms with Crippen LogP contribution in [0.3, 0.4) is 0 Å². The van der Waals surface area contributed by atoms with Crippen LogP contribution in [0.4, 0.5) is 13.2 Å². The molecule has 0 N–H and O–H groups in total. The van der Waals surface area contributed by atoms with Crippen molar-refractivity contribution in [2.45, 2.75) is 18.0 Å². The quantitative estimate of drug-likeness (QED) is 0.593. The van der Waals surface area contributed by atoms with Crippen LogP contribution in [0.5, 0.6) is 11.6 Å². The number of halogens is 3. The number of thioether (sulfide) groups is 1. The van der Waals surface area contributed by atoms with E-state index in [2.05, 4.69) is 5.10 Å². The van der Waals surface area contributed by atoms with E-state index < -0.39 is 17.7 Å². The number of carbonyl (C=O) groups is 1. The molecular formula is C15H15F3N2O3S. The molecule has 130 valence electrons. The van der Waals surface area contributed by atoms with Crippen molar-refractivity contribution in [1.29, 1.82) is 0 Å². The average Bonchev–Trinajstić information content (AvgIpc) is 2.87. The van der Waals surface area contributed by atoms with Crippen LogP contribution in [0.1, 0.15) is 22.8 Å². The highest BCUT2D eigenvalue weighted by Crippen LogP contribution is 2.39. The second kappa shape index (κ2) is 7.16. The fourth-order valence-electron chi connectivity index (χ4n) is 1.98. The summed E-state index contributed by atoms with van der Waals surface area (Å²) in [7, 11) is 1.56. The van der Waals surface area contributed by atoms with Gasteiger partial charge in [-0.2, -0.15) is 13.2 Å². The van der Waals surface area contributed by atoms with E-state index in [1.807, 2.05) is 0 Å². The Labute approximate surface area is 140 Å². The van der Waals surface area contributed by atoms with E-state index in [9.17, 15) is 18.0 Å². The minimum Gasteiger partial charge on any atom is -0.462 e. The molecule has 2 aromatic rings. The molecule has 0 saturated heterocycles. The number of ether oxygens (including phenoxy) is 2. The van der Waals surface area contributed by atoms with Crippen LogP contribution in [0, 0.1) is 0 Å². The summed E-state index contributed by atoms with van der Waals surface area (Å²) in [5, 5.41) is 3.95. The van der Waals surface area contributed by atoms with E-state index in [1.165, 1.54) is 23.0 Å². The van der Waals surface area contributed by atoms with Crippen molar-refractivity contribution >= 4 is 17.7 Å². The smallest absolute Gasteiger partial charge is 0.417 e. The van der Waals surface area contributed by atoms with Gasteiger partial charge in [-0.25, -0.2) is 4.79 Å². The maximum atomic E-state index is 13.1. The maximum absolute atomic E-state index is 13.1. The molecule has 5 nitrogen and oxygen atoms in total. The van der Waals surface area contributed by atoms with Crippen LogP contribution >= 0.6 is 11.8 Å². The third-order valence-corrected chi connectivity index (χ3v) is 3.78. The number of esters is 1. The molecule has 1 aromatic carbocycles. The van der Waals surface area contributed by atoms with Crippen molar-refractivity contribution in [2.75, 3.05) is 12.9 Å². The van der Waals surface area contributed by atoms with Gasteiger partial charge in [-0.1, -0.05) is 0 Å². The maximum Gasteiger partial charge on any atom is 0.417 e. The molecule has 2 rings (SSSR count). The lowest BCUT2D eigenvalue weighted by Crippen LogP contribution is -2.07. The zero-order valence-corrected chi connectivity index (χ0v) is 14.0. The Morgan fingerprint density at radius 3 is 2.67 bits per heavy atom. The first-order valence-corrected chi connectivity index (χ1v) is 8.12. The minimum absolute atomic E-state index is 0.0434. The number of alkyl halides is 3. The molecule has 9 heteroatoms. The van der Waals surface area contributed by atoms with Gasteiger partial charge in [0.05, 0.1) is 12.2 Å². The van der Waals surface area contributed by atoms with Gasteiger partial charge in [-0.05, 0) is 31.4 Å². The third kappa shape index (κ3) is 4.02. The third-order valence-electron chi connectivity index (χ3n) is 2.98. The molecule has 0 fully saturated rings. The Bertz CT molecular complexity index is 744. The fraction of sp³-hybridized carbons (Fsp3) is 0.333. The minimum atomic E-state index is -4.51. The average molecular weight is 360 g/mol. The van der Waals surface area contributed by atoms with Gasteiger partial charge in [0.25, 0.3) is 5.88 Å². The van der Waals surface area contributed by atoms with E-state index in [1.54, 1.807) is 20.2 Å². The van der Waals surface area contributed by atoms with E-state index in [4.69, 9.17) is 9.47 Å². The summed E-state index contributed by atoms with van der Waals surface area (Å²) in [6.45, 7) is 1.80. The standard InChI is InChI=1S/C15H15F3N2O3S/c1-4-22-14(21)10-8-20(2)19-13(10)23-9-5-6-12(24-3)11(7-9)15(16,17)18/h5-8H,4H2,1-3H3. The summed E-state index contributed by atoms with van der Waals surface area (Å²) in [6.07, 6.45) is -1.57. The summed E-state index contributed by atoms with van der Waals surface area (Å²) in [5.41, 5.74) is -0.761. The second-order valence-corrected chi connectivity index (χ2v) is 5.55. The lowest BCUT2D eigenvalue weighted by molar-refractivity contribution is -0.139. The number of benzene rings is 1. The molecule has 0 atom stereocenters. The van der Waals surface area contributed by atoms with Gasteiger partial charge < -0.3 is 9.47 Å². The molecule has 0 amide bonds. The molecule has 0 unspecified atom stereocenters. The molecule has 0 saturated carbocycles. The molecule has 0 aliphatic heterocycles. The van der Waals surface area contributed by atoms with E-state index >= 15 is 0 Å². The van der Waals surface area contributed by atoms with Crippen LogP contribution in [-0.2, 0) is 18.0 Å². The Balaban J connectivity index is 2.37. The Morgan fingerprint density at radius 2 is 2.08 bits per heavy atom. The zero-order valence-electron chi connectivity index (χ0n) is 13.2. The Hall–Kier alpha value is -2.16. The monoisotopic (exact) mass is 360 g/mol. The van der Waals surface area contributed by atoms with E-state index in [0.717, 1.165) is 17.8 Å². The van der Waals surface area contributed by atoms with Crippen molar-refractivity contribution in [2.24, 2.45) is 7.05 Å². The molecule has 0 radical (unpaired) electrons. The normalized spacial score (nSPS) is 11.4. The van der Waals surface area contributed by atoms with Gasteiger partial charge in [0.15, 0.2) is 0 Å². The summed E-state index contributed by atoms with van der Waals surface area (Å²) >= 11 is 0.987. The predicted molar refractivity (Wildman–Crippen MR) is 82.5 cm³/mol. The highest BCUT2D eigenvalue weighted by atomic mass is 32.2. The first kappa shape index (κ1) is 18.2. The molecule has 24 heavy (non-hydrogen) atoms. The van der Waals surface area contributed by atoms with Gasteiger partial charge in [-0.15, -0.1) is 16.9 Å². The predicted octanol–water partition coefficient (Wildman–Crippen LogP) is 4.13. The Kier molecular flexibility index (Phi) is 5.43. The fourth-order valence-corrected chi connectivity index (χ4v) is 2.57. The van der Waals surface area contributed by atoms with Gasteiger partial charge in [0.1, 0.15) is 11.3 Å². The van der Waals surface area contributed by atoms with E-state index in [-0.39, 0.29) is 28.7 Å². The lowest BCUT2D eigenvalue weighted by atomic mass is 10.2. The highest BCUT2D eigenvalue weighted by Gasteiger charge is 2.34. The van der Waals surface area contributed by atoms with Crippen LogP contribution < -0.4 is 4.74 Å². The zero-order chi connectivity index (χ0) is 17.9. The van der Waals surface area contributed by atoms with Crippen LogP contribution in [0.25, 0.3) is 0 Å². The first-order chi connectivity index (χ1) is 11.3. The van der Waals surface area contributed by atoms with Gasteiger partial charge in [0, 0.05) is 18.1 Å². The summed E-state index contributed by atoms with van der Waals surface area (Å²) < 4.78 is 50.9. The lowest BCUT2D eigenvalue weighted by Gasteiger charge is -2.13. The number of aromatic nitrogens is 2. The van der Waals surface area contributed by atoms with Crippen LogP contribution in [-0.4, -0.2) is 28.6 Å². The molecule has 0 aliphatic rings. The van der Waals surface area contributed by atoms with Gasteiger partial charge in [0.2, 0.25) is 0 Å². The first-order valence-electron chi connectivity index (χ1n) is 6.90. The number of aryl methyl sites for hydroxylation is 1. The molecule has 1 heterocycles. The number of rotatable bonds is 5. The van der Waals surface area contributed by atoms with Crippen molar-refractivity contribution in [3.63, 3.8) is 0 Å². The second-order valence-electron chi connectivity index (χ2n) is 4.70. The van der Waals surface area contributed by atoms with Crippen LogP contribution in [0.2, 0.25) is 0 Å². The highest BCUT2D eigenvalue weighted by molar-refractivity contribution is 7.98.